The van der Waals surface area contributed by atoms with Crippen LogP contribution < -0.4 is 44.7 Å². The molecular weight excluding hydrogens is 1260 g/mol. The van der Waals surface area contributed by atoms with Crippen molar-refractivity contribution in [2.45, 2.75) is 168 Å². The Hall–Kier alpha value is -9.84. The summed E-state index contributed by atoms with van der Waals surface area (Å²) in [7, 11) is 3.03. The van der Waals surface area contributed by atoms with Crippen LogP contribution in [0.2, 0.25) is 0 Å². The summed E-state index contributed by atoms with van der Waals surface area (Å²) in [6.07, 6.45) is 8.24. The van der Waals surface area contributed by atoms with Crippen LogP contribution in [0, 0.1) is 16.7 Å². The summed E-state index contributed by atoms with van der Waals surface area (Å²) in [5.74, 6) is -0.676. The van der Waals surface area contributed by atoms with E-state index in [1.807, 2.05) is 78.2 Å². The van der Waals surface area contributed by atoms with Crippen molar-refractivity contribution in [2.75, 3.05) is 55.6 Å². The Labute approximate surface area is 575 Å². The Morgan fingerprint density at radius 1 is 0.667 bits per heavy atom. The van der Waals surface area contributed by atoms with Crippen molar-refractivity contribution in [2.24, 2.45) is 21.7 Å². The van der Waals surface area contributed by atoms with Gasteiger partial charge in [0.25, 0.3) is 11.8 Å². The van der Waals surface area contributed by atoms with E-state index in [-0.39, 0.29) is 101 Å². The van der Waals surface area contributed by atoms with E-state index < -0.39 is 42.3 Å². The van der Waals surface area contributed by atoms with Gasteiger partial charge in [-0.3, -0.25) is 33.8 Å². The van der Waals surface area contributed by atoms with E-state index >= 15 is 0 Å². The number of aliphatic imine (C=N–C) groups is 1. The summed E-state index contributed by atoms with van der Waals surface area (Å²) in [4.78, 5) is 109. The number of aromatic nitrogens is 3. The summed E-state index contributed by atoms with van der Waals surface area (Å²) in [6, 6.07) is 26.3. The summed E-state index contributed by atoms with van der Waals surface area (Å²) >= 11 is 0. The number of nitrogens with one attached hydrogen (secondary N) is 3. The van der Waals surface area contributed by atoms with Crippen LogP contribution in [0.1, 0.15) is 156 Å². The molecule has 1 aromatic heterocycles. The van der Waals surface area contributed by atoms with E-state index in [1.54, 1.807) is 86.2 Å². The zero-order valence-corrected chi connectivity index (χ0v) is 57.2. The highest BCUT2D eigenvalue weighted by molar-refractivity contribution is 6.07. The lowest BCUT2D eigenvalue weighted by atomic mass is 9.95. The molecule has 2 aliphatic carbocycles. The third kappa shape index (κ3) is 14.0. The fourth-order valence-electron chi connectivity index (χ4n) is 14.5. The largest absolute Gasteiger partial charge is 0.493 e. The summed E-state index contributed by atoms with van der Waals surface area (Å²) in [5.41, 5.74) is 7.50. The highest BCUT2D eigenvalue weighted by atomic mass is 16.6. The lowest BCUT2D eigenvalue weighted by Crippen LogP contribution is -2.53. The minimum Gasteiger partial charge on any atom is -0.493 e. The molecule has 7 amide bonds. The number of amides is 7. The highest BCUT2D eigenvalue weighted by Crippen LogP contribution is 2.58. The van der Waals surface area contributed by atoms with Gasteiger partial charge in [-0.25, -0.2) is 14.4 Å². The molecule has 6 heterocycles. The molecule has 24 heteroatoms. The molecule has 0 bridgehead atoms. The van der Waals surface area contributed by atoms with Gasteiger partial charge in [-0.05, 0) is 150 Å². The molecule has 7 aliphatic rings. The number of methoxy groups -OCH3 is 2. The molecule has 2 spiro atoms. The molecule has 4 fully saturated rings. The van der Waals surface area contributed by atoms with Crippen LogP contribution in [0.25, 0.3) is 22.5 Å². The number of aliphatic hydroxyl groups is 1. The number of para-hydroxylation sites is 1. The third-order valence-electron chi connectivity index (χ3n) is 20.5. The summed E-state index contributed by atoms with van der Waals surface area (Å²) in [5, 5.41) is 29.7. The van der Waals surface area contributed by atoms with E-state index in [9.17, 15) is 38.7 Å². The molecule has 5 aromatic carbocycles. The zero-order valence-electron chi connectivity index (χ0n) is 57.2. The first kappa shape index (κ1) is 67.7. The Balaban J connectivity index is 0.581. The molecule has 99 heavy (non-hydrogen) atoms. The summed E-state index contributed by atoms with van der Waals surface area (Å²) < 4.78 is 31.7. The Kier molecular flexibility index (Phi) is 19.3. The maximum atomic E-state index is 14.5. The van der Waals surface area contributed by atoms with E-state index in [1.165, 1.54) is 7.11 Å². The number of benzene rings is 5. The topological polar surface area (TPSA) is 278 Å². The zero-order chi connectivity index (χ0) is 69.4. The monoisotopic (exact) mass is 1350 g/mol. The van der Waals surface area contributed by atoms with E-state index in [4.69, 9.17) is 28.7 Å². The van der Waals surface area contributed by atoms with Gasteiger partial charge in [0.2, 0.25) is 23.6 Å². The average molecular weight is 1350 g/mol. The maximum absolute atomic E-state index is 14.5. The number of carbonyl (C=O) groups excluding carboxylic acids is 7. The molecule has 5 atom stereocenters. The number of nitrogens with zero attached hydrogens (tertiary/aromatic N) is 8. The SMILES string of the molecule is COc1cc2c(cc1OCCCCCOc1cc3c(cc1OC)C(=O)N1CC4(CC4)C[C@H]1C(O)N3C(=O)OCc1ccc(NC(=O)[C@H](C)NC(=O)[C@@H](NC(=O)CCCCC(=O)N3Cc4ccccc4-c4nnn(C(C)C)c4-c4ccccc43)C(C)C)cc1)N=C[C@@H]1CC3(CC3)CN1C2=O. The van der Waals surface area contributed by atoms with Crippen molar-refractivity contribution < 1.29 is 62.4 Å². The molecule has 520 valence electrons. The molecule has 2 saturated heterocycles. The second-order valence-electron chi connectivity index (χ2n) is 28.2. The van der Waals surface area contributed by atoms with Gasteiger partial charge in [0.1, 0.15) is 24.4 Å². The normalized spacial score (nSPS) is 19.2. The van der Waals surface area contributed by atoms with Gasteiger partial charge < -0.3 is 59.4 Å². The first-order valence-electron chi connectivity index (χ1n) is 34.7. The van der Waals surface area contributed by atoms with Gasteiger partial charge in [0.15, 0.2) is 29.2 Å². The second-order valence-corrected chi connectivity index (χ2v) is 28.2. The standard InChI is InChI=1S/C75H87N11O13/c1-44(2)65(79-63(87)21-13-14-22-64(88)82-40-48-17-9-10-18-51(48)66-67(86(45(3)4)81-80-66)52-19-11-12-20-56(52)82)69(90)77-46(5)68(89)78-49-25-23-47(24-26-49)41-99-73(94)85-57-36-62(60(96-7)34-54(57)71(92)84-43-75(29-30-75)38-58(84)72(85)93)98-32-16-8-15-31-97-61-35-55-53(33-59(61)95-6)70(91)83-42-74(27-28-74)37-50(83)39-76-55/h9-12,17-20,23-26,33-36,39,44-46,50,58,65,72,93H,8,13-16,21-22,27-32,37-38,40-43H2,1-7H3,(H,77,90)(H,78,89)(H,79,87)/t46-,50-,58-,65-,72?/m0/s1. The number of carbonyl (C=O) groups is 7. The second kappa shape index (κ2) is 28.2. The van der Waals surface area contributed by atoms with Crippen molar-refractivity contribution in [3.63, 3.8) is 0 Å². The molecule has 13 rings (SSSR count). The number of aliphatic hydroxyl groups excluding tert-OH is 1. The Morgan fingerprint density at radius 2 is 1.31 bits per heavy atom. The van der Waals surface area contributed by atoms with Crippen molar-refractivity contribution in [1.82, 2.24) is 35.4 Å². The van der Waals surface area contributed by atoms with Crippen molar-refractivity contribution in [3.05, 3.63) is 119 Å². The number of rotatable bonds is 24. The molecule has 1 unspecified atom stereocenters. The van der Waals surface area contributed by atoms with Crippen LogP contribution in [-0.4, -0.2) is 149 Å². The van der Waals surface area contributed by atoms with Gasteiger partial charge in [-0.15, -0.1) is 5.10 Å². The molecule has 2 saturated carbocycles. The molecule has 5 aliphatic heterocycles. The Bertz CT molecular complexity index is 4140. The lowest BCUT2D eigenvalue weighted by Gasteiger charge is -2.31. The first-order chi connectivity index (χ1) is 47.7. The number of anilines is 3. The van der Waals surface area contributed by atoms with E-state index in [0.29, 0.717) is 92.2 Å². The molecular formula is C75H87N11O13. The number of fused-ring (bicyclic) bond motifs is 9. The Morgan fingerprint density at radius 3 is 2.01 bits per heavy atom. The minimum absolute atomic E-state index is 0.00877. The first-order valence-corrected chi connectivity index (χ1v) is 34.7. The number of unbranched alkanes of at least 4 members (excludes halogenated alkanes) is 3. The van der Waals surface area contributed by atoms with E-state index in [0.717, 1.165) is 77.3 Å². The van der Waals surface area contributed by atoms with Crippen LogP contribution in [0.4, 0.5) is 27.5 Å². The van der Waals surface area contributed by atoms with Gasteiger partial charge in [0.05, 0.1) is 79.9 Å². The predicted molar refractivity (Wildman–Crippen MR) is 370 cm³/mol. The number of ether oxygens (including phenoxy) is 5. The van der Waals surface area contributed by atoms with Crippen LogP contribution in [0.5, 0.6) is 23.0 Å². The smallest absolute Gasteiger partial charge is 0.416 e. The minimum atomic E-state index is -1.45. The quantitative estimate of drug-likeness (QED) is 0.0410. The fourth-order valence-corrected chi connectivity index (χ4v) is 14.5. The number of hydrogen-bond acceptors (Lipinski definition) is 16. The fraction of sp³-hybridized carbons (Fsp3) is 0.467. The predicted octanol–water partition coefficient (Wildman–Crippen LogP) is 10.7. The highest BCUT2D eigenvalue weighted by Gasteiger charge is 2.58. The van der Waals surface area contributed by atoms with E-state index in [2.05, 4.69) is 26.3 Å². The van der Waals surface area contributed by atoms with Crippen LogP contribution in [0.15, 0.2) is 102 Å². The van der Waals surface area contributed by atoms with Gasteiger partial charge in [0, 0.05) is 67.1 Å². The van der Waals surface area contributed by atoms with Crippen molar-refractivity contribution in [3.8, 4) is 45.5 Å². The third-order valence-corrected chi connectivity index (χ3v) is 20.5. The number of hydrogen-bond donors (Lipinski definition) is 4. The van der Waals surface area contributed by atoms with Gasteiger partial charge >= 0.3 is 6.09 Å². The van der Waals surface area contributed by atoms with Crippen LogP contribution >= 0.6 is 0 Å². The molecule has 0 radical (unpaired) electrons. The van der Waals surface area contributed by atoms with Gasteiger partial charge in [-0.1, -0.05) is 73.7 Å². The van der Waals surface area contributed by atoms with Crippen molar-refractivity contribution >= 4 is 70.5 Å². The van der Waals surface area contributed by atoms with Crippen LogP contribution in [0.3, 0.4) is 0 Å². The molecule has 4 N–H and O–H groups in total. The molecule has 6 aromatic rings. The van der Waals surface area contributed by atoms with Gasteiger partial charge in [-0.2, -0.15) is 0 Å². The average Bonchev–Trinajstić information content (AvgIpc) is 1.59. The maximum Gasteiger partial charge on any atom is 0.416 e. The molecule has 24 nitrogen and oxygen atoms in total. The lowest BCUT2D eigenvalue weighted by molar-refractivity contribution is -0.131. The summed E-state index contributed by atoms with van der Waals surface area (Å²) in [6.45, 7) is 11.2. The van der Waals surface area contributed by atoms with Crippen molar-refractivity contribution in [1.29, 1.82) is 0 Å². The van der Waals surface area contributed by atoms with Crippen LogP contribution in [-0.2, 0) is 37.1 Å².